The molecule has 2 atom stereocenters. The van der Waals surface area contributed by atoms with Crippen LogP contribution >= 0.6 is 11.8 Å². The Morgan fingerprint density at radius 1 is 1.64 bits per heavy atom. The molecule has 14 heavy (non-hydrogen) atoms. The maximum absolute atomic E-state index is 8.36. The summed E-state index contributed by atoms with van der Waals surface area (Å²) in [6.07, 6.45) is 3.69. The number of nitrogens with zero attached hydrogens (tertiary/aromatic N) is 1. The second-order valence-electron chi connectivity index (χ2n) is 3.56. The van der Waals surface area contributed by atoms with Crippen LogP contribution in [0.1, 0.15) is 26.2 Å². The van der Waals surface area contributed by atoms with E-state index in [9.17, 15) is 0 Å². The van der Waals surface area contributed by atoms with E-state index in [1.807, 2.05) is 11.8 Å². The van der Waals surface area contributed by atoms with E-state index in [4.69, 9.17) is 10.9 Å². The monoisotopic (exact) mass is 217 g/mol. The van der Waals surface area contributed by atoms with Crippen molar-refractivity contribution in [3.63, 3.8) is 0 Å². The molecule has 0 bridgehead atoms. The number of hydrogen-bond acceptors (Lipinski definition) is 4. The maximum atomic E-state index is 8.36. The highest BCUT2D eigenvalue weighted by Gasteiger charge is 2.23. The third-order valence-electron chi connectivity index (χ3n) is 2.49. The Morgan fingerprint density at radius 3 is 3.07 bits per heavy atom. The van der Waals surface area contributed by atoms with Crippen molar-refractivity contribution in [1.82, 2.24) is 5.32 Å². The first-order chi connectivity index (χ1) is 6.76. The van der Waals surface area contributed by atoms with E-state index in [0.29, 0.717) is 12.6 Å². The first-order valence-corrected chi connectivity index (χ1v) is 6.12. The van der Waals surface area contributed by atoms with Crippen LogP contribution in [0.15, 0.2) is 5.16 Å². The molecule has 0 heterocycles. The fraction of sp³-hybridized carbons (Fsp3) is 0.889. The summed E-state index contributed by atoms with van der Waals surface area (Å²) in [4.78, 5) is 0. The minimum absolute atomic E-state index is 0.261. The largest absolute Gasteiger partial charge is 0.409 e. The van der Waals surface area contributed by atoms with Crippen molar-refractivity contribution < 1.29 is 5.21 Å². The van der Waals surface area contributed by atoms with E-state index in [1.54, 1.807) is 0 Å². The number of amidine groups is 1. The van der Waals surface area contributed by atoms with Gasteiger partial charge in [-0.3, -0.25) is 0 Å². The molecule has 0 amide bonds. The molecule has 1 rings (SSSR count). The van der Waals surface area contributed by atoms with Crippen molar-refractivity contribution in [2.24, 2.45) is 10.9 Å². The van der Waals surface area contributed by atoms with Crippen LogP contribution in [0.3, 0.4) is 0 Å². The standard InChI is InChI=1S/C9H19N3OS/c1-2-14-8-4-3-7(5-8)11-6-9(10)12-13/h7-8,11,13H,2-6H2,1H3,(H2,10,12). The predicted octanol–water partition coefficient (Wildman–Crippen LogP) is 0.997. The first-order valence-electron chi connectivity index (χ1n) is 5.07. The van der Waals surface area contributed by atoms with Gasteiger partial charge in [-0.05, 0) is 25.0 Å². The van der Waals surface area contributed by atoms with Gasteiger partial charge in [0.25, 0.3) is 0 Å². The third-order valence-corrected chi connectivity index (χ3v) is 3.72. The van der Waals surface area contributed by atoms with E-state index >= 15 is 0 Å². The van der Waals surface area contributed by atoms with Gasteiger partial charge in [-0.15, -0.1) is 0 Å². The average molecular weight is 217 g/mol. The Balaban J connectivity index is 2.16. The van der Waals surface area contributed by atoms with Gasteiger partial charge in [0.05, 0.1) is 6.54 Å². The van der Waals surface area contributed by atoms with Crippen molar-refractivity contribution in [2.45, 2.75) is 37.5 Å². The van der Waals surface area contributed by atoms with Gasteiger partial charge < -0.3 is 16.3 Å². The van der Waals surface area contributed by atoms with Crippen molar-refractivity contribution in [2.75, 3.05) is 12.3 Å². The Morgan fingerprint density at radius 2 is 2.43 bits per heavy atom. The summed E-state index contributed by atoms with van der Waals surface area (Å²) in [5.41, 5.74) is 5.38. The zero-order valence-corrected chi connectivity index (χ0v) is 9.39. The third kappa shape index (κ3) is 3.75. The van der Waals surface area contributed by atoms with Crippen molar-refractivity contribution in [1.29, 1.82) is 0 Å². The average Bonchev–Trinajstić information content (AvgIpc) is 2.63. The van der Waals surface area contributed by atoms with Gasteiger partial charge >= 0.3 is 0 Å². The molecule has 0 spiro atoms. The second-order valence-corrected chi connectivity index (χ2v) is 5.14. The molecule has 1 aliphatic rings. The zero-order chi connectivity index (χ0) is 10.4. The maximum Gasteiger partial charge on any atom is 0.153 e. The molecule has 0 aromatic rings. The topological polar surface area (TPSA) is 70.6 Å². The van der Waals surface area contributed by atoms with E-state index < -0.39 is 0 Å². The summed E-state index contributed by atoms with van der Waals surface area (Å²) < 4.78 is 0. The molecule has 82 valence electrons. The summed E-state index contributed by atoms with van der Waals surface area (Å²) >= 11 is 2.03. The number of thioether (sulfide) groups is 1. The lowest BCUT2D eigenvalue weighted by Crippen LogP contribution is -2.35. The molecule has 5 heteroatoms. The van der Waals surface area contributed by atoms with Crippen LogP contribution in [-0.2, 0) is 0 Å². The molecule has 0 aliphatic heterocycles. The highest BCUT2D eigenvalue weighted by Crippen LogP contribution is 2.29. The Kier molecular flexibility index (Phi) is 5.11. The molecule has 0 aromatic heterocycles. The smallest absolute Gasteiger partial charge is 0.153 e. The number of hydrogen-bond donors (Lipinski definition) is 3. The van der Waals surface area contributed by atoms with Crippen LogP contribution in [0.5, 0.6) is 0 Å². The fourth-order valence-electron chi connectivity index (χ4n) is 1.80. The van der Waals surface area contributed by atoms with Crippen LogP contribution in [0, 0.1) is 0 Å². The lowest BCUT2D eigenvalue weighted by atomic mass is 10.2. The molecule has 4 N–H and O–H groups in total. The molecule has 4 nitrogen and oxygen atoms in total. The highest BCUT2D eigenvalue weighted by atomic mass is 32.2. The summed E-state index contributed by atoms with van der Waals surface area (Å²) in [6, 6.07) is 0.541. The fourth-order valence-corrected chi connectivity index (χ4v) is 2.94. The minimum atomic E-state index is 0.261. The number of nitrogens with two attached hydrogens (primary N) is 1. The number of oxime groups is 1. The molecule has 1 saturated carbocycles. The van der Waals surface area contributed by atoms with E-state index in [0.717, 1.165) is 5.25 Å². The Labute approximate surface area is 89.3 Å². The van der Waals surface area contributed by atoms with Gasteiger partial charge in [0.15, 0.2) is 5.84 Å². The summed E-state index contributed by atoms with van der Waals surface area (Å²) in [5.74, 6) is 1.45. The van der Waals surface area contributed by atoms with E-state index in [1.165, 1.54) is 25.0 Å². The summed E-state index contributed by atoms with van der Waals surface area (Å²) in [6.45, 7) is 2.69. The van der Waals surface area contributed by atoms with E-state index in [2.05, 4.69) is 17.4 Å². The van der Waals surface area contributed by atoms with Crippen molar-refractivity contribution in [3.8, 4) is 0 Å². The van der Waals surface area contributed by atoms with Gasteiger partial charge in [-0.2, -0.15) is 11.8 Å². The van der Waals surface area contributed by atoms with Gasteiger partial charge in [0.2, 0.25) is 0 Å². The molecule has 1 aliphatic carbocycles. The highest BCUT2D eigenvalue weighted by molar-refractivity contribution is 7.99. The van der Waals surface area contributed by atoms with Crippen LogP contribution in [-0.4, -0.2) is 34.6 Å². The second kappa shape index (κ2) is 6.14. The van der Waals surface area contributed by atoms with Gasteiger partial charge in [0, 0.05) is 11.3 Å². The van der Waals surface area contributed by atoms with Crippen molar-refractivity contribution in [3.05, 3.63) is 0 Å². The SMILES string of the molecule is CCSC1CCC(NCC(N)=NO)C1. The molecular formula is C9H19N3OS. The zero-order valence-electron chi connectivity index (χ0n) is 8.57. The number of rotatable bonds is 5. The minimum Gasteiger partial charge on any atom is -0.409 e. The van der Waals surface area contributed by atoms with Gasteiger partial charge in [-0.25, -0.2) is 0 Å². The molecule has 0 radical (unpaired) electrons. The Hall–Kier alpha value is -0.420. The van der Waals surface area contributed by atoms with Crippen LogP contribution < -0.4 is 11.1 Å². The van der Waals surface area contributed by atoms with Gasteiger partial charge in [0.1, 0.15) is 0 Å². The van der Waals surface area contributed by atoms with E-state index in [-0.39, 0.29) is 5.84 Å². The normalized spacial score (nSPS) is 28.2. The Bertz CT molecular complexity index is 198. The lowest BCUT2D eigenvalue weighted by molar-refractivity contribution is 0.316. The molecule has 0 aromatic carbocycles. The van der Waals surface area contributed by atoms with Crippen molar-refractivity contribution >= 4 is 17.6 Å². The molecule has 0 saturated heterocycles. The first kappa shape index (κ1) is 11.7. The molecule has 2 unspecified atom stereocenters. The predicted molar refractivity (Wildman–Crippen MR) is 61.0 cm³/mol. The quantitative estimate of drug-likeness (QED) is 0.278. The van der Waals surface area contributed by atoms with Crippen LogP contribution in [0.25, 0.3) is 0 Å². The lowest BCUT2D eigenvalue weighted by Gasteiger charge is -2.11. The van der Waals surface area contributed by atoms with Crippen LogP contribution in [0.2, 0.25) is 0 Å². The van der Waals surface area contributed by atoms with Gasteiger partial charge in [-0.1, -0.05) is 12.1 Å². The summed E-state index contributed by atoms with van der Waals surface area (Å²) in [5, 5.41) is 15.4. The van der Waals surface area contributed by atoms with Crippen LogP contribution in [0.4, 0.5) is 0 Å². The number of nitrogens with one attached hydrogen (secondary N) is 1. The molecular weight excluding hydrogens is 198 g/mol. The summed E-state index contributed by atoms with van der Waals surface area (Å²) in [7, 11) is 0. The molecule has 1 fully saturated rings.